The number of amides is 1. The van der Waals surface area contributed by atoms with Crippen molar-refractivity contribution in [1.82, 2.24) is 0 Å². The lowest BCUT2D eigenvalue weighted by Gasteiger charge is -2.08. The van der Waals surface area contributed by atoms with Crippen molar-refractivity contribution in [3.63, 3.8) is 0 Å². The first-order valence-electron chi connectivity index (χ1n) is 6.92. The first kappa shape index (κ1) is 14.9. The lowest BCUT2D eigenvalue weighted by Crippen LogP contribution is -2.06. The van der Waals surface area contributed by atoms with Crippen molar-refractivity contribution in [2.45, 2.75) is 13.3 Å². The van der Waals surface area contributed by atoms with Gasteiger partial charge in [0, 0.05) is 19.0 Å². The largest absolute Gasteiger partial charge is 0.493 e. The Labute approximate surface area is 124 Å². The molecule has 1 amide bonds. The van der Waals surface area contributed by atoms with Crippen LogP contribution < -0.4 is 14.8 Å². The highest BCUT2D eigenvalue weighted by atomic mass is 16.5. The van der Waals surface area contributed by atoms with Crippen molar-refractivity contribution in [2.24, 2.45) is 0 Å². The van der Waals surface area contributed by atoms with Gasteiger partial charge in [-0.05, 0) is 36.4 Å². The van der Waals surface area contributed by atoms with Crippen molar-refractivity contribution >= 4 is 11.6 Å². The maximum Gasteiger partial charge on any atom is 0.221 e. The van der Waals surface area contributed by atoms with E-state index in [0.717, 1.165) is 23.6 Å². The fraction of sp³-hybridized carbons (Fsp3) is 0.235. The number of hydrogen-bond acceptors (Lipinski definition) is 3. The third kappa shape index (κ3) is 5.57. The molecule has 0 spiro atoms. The molecule has 0 heterocycles. The van der Waals surface area contributed by atoms with E-state index >= 15 is 0 Å². The Kier molecular flexibility index (Phi) is 5.64. The van der Waals surface area contributed by atoms with E-state index < -0.39 is 0 Å². The molecule has 21 heavy (non-hydrogen) atoms. The average Bonchev–Trinajstić information content (AvgIpc) is 2.49. The minimum Gasteiger partial charge on any atom is -0.493 e. The second-order valence-corrected chi connectivity index (χ2v) is 4.57. The van der Waals surface area contributed by atoms with Crippen molar-refractivity contribution in [3.8, 4) is 11.5 Å². The summed E-state index contributed by atoms with van der Waals surface area (Å²) < 4.78 is 11.2. The molecule has 2 aromatic rings. The Hall–Kier alpha value is -2.49. The SMILES string of the molecule is CC(=O)Nc1ccc(OCCCOc2ccccc2)cc1. The molecule has 2 rings (SSSR count). The number of benzene rings is 2. The predicted octanol–water partition coefficient (Wildman–Crippen LogP) is 3.49. The van der Waals surface area contributed by atoms with Gasteiger partial charge in [0.2, 0.25) is 5.91 Å². The van der Waals surface area contributed by atoms with Crippen LogP contribution in [0.5, 0.6) is 11.5 Å². The minimum atomic E-state index is -0.0817. The van der Waals surface area contributed by atoms with E-state index in [0.29, 0.717) is 13.2 Å². The summed E-state index contributed by atoms with van der Waals surface area (Å²) in [6, 6.07) is 17.0. The molecule has 0 fully saturated rings. The maximum absolute atomic E-state index is 10.9. The third-order valence-corrected chi connectivity index (χ3v) is 2.74. The fourth-order valence-electron chi connectivity index (χ4n) is 1.79. The van der Waals surface area contributed by atoms with Crippen LogP contribution in [0, 0.1) is 0 Å². The Morgan fingerprint density at radius 2 is 1.48 bits per heavy atom. The molecular formula is C17H19NO3. The molecule has 0 saturated heterocycles. The zero-order valence-corrected chi connectivity index (χ0v) is 12.0. The van der Waals surface area contributed by atoms with Crippen molar-refractivity contribution in [3.05, 3.63) is 54.6 Å². The van der Waals surface area contributed by atoms with E-state index in [9.17, 15) is 4.79 Å². The van der Waals surface area contributed by atoms with Gasteiger partial charge in [-0.2, -0.15) is 0 Å². The van der Waals surface area contributed by atoms with Crippen LogP contribution in [0.3, 0.4) is 0 Å². The Bertz CT molecular complexity index is 552. The zero-order chi connectivity index (χ0) is 14.9. The Balaban J connectivity index is 1.65. The highest BCUT2D eigenvalue weighted by Gasteiger charge is 1.98. The van der Waals surface area contributed by atoms with Gasteiger partial charge in [-0.1, -0.05) is 18.2 Å². The lowest BCUT2D eigenvalue weighted by atomic mass is 10.3. The molecule has 1 N–H and O–H groups in total. The molecule has 110 valence electrons. The van der Waals surface area contributed by atoms with E-state index in [-0.39, 0.29) is 5.91 Å². The van der Waals surface area contributed by atoms with Crippen LogP contribution in [-0.4, -0.2) is 19.1 Å². The summed E-state index contributed by atoms with van der Waals surface area (Å²) in [6.45, 7) is 2.69. The number of para-hydroxylation sites is 1. The Morgan fingerprint density at radius 1 is 0.905 bits per heavy atom. The molecule has 2 aromatic carbocycles. The number of rotatable bonds is 7. The number of carbonyl (C=O) groups excluding carboxylic acids is 1. The molecule has 0 aliphatic heterocycles. The first-order valence-corrected chi connectivity index (χ1v) is 6.92. The second-order valence-electron chi connectivity index (χ2n) is 4.57. The summed E-state index contributed by atoms with van der Waals surface area (Å²) >= 11 is 0. The molecule has 0 bridgehead atoms. The van der Waals surface area contributed by atoms with Crippen LogP contribution >= 0.6 is 0 Å². The predicted molar refractivity (Wildman–Crippen MR) is 82.8 cm³/mol. The summed E-state index contributed by atoms with van der Waals surface area (Å²) in [4.78, 5) is 10.9. The van der Waals surface area contributed by atoms with Crippen molar-refractivity contribution in [1.29, 1.82) is 0 Å². The highest BCUT2D eigenvalue weighted by molar-refractivity contribution is 5.88. The summed E-state index contributed by atoms with van der Waals surface area (Å²) in [5.41, 5.74) is 0.766. The molecule has 0 radical (unpaired) electrons. The number of hydrogen-bond donors (Lipinski definition) is 1. The Morgan fingerprint density at radius 3 is 2.05 bits per heavy atom. The molecular weight excluding hydrogens is 266 g/mol. The summed E-state index contributed by atoms with van der Waals surface area (Å²) in [5.74, 6) is 1.57. The topological polar surface area (TPSA) is 47.6 Å². The van der Waals surface area contributed by atoms with Gasteiger partial charge < -0.3 is 14.8 Å². The second kappa shape index (κ2) is 7.94. The van der Waals surface area contributed by atoms with Crippen LogP contribution in [0.4, 0.5) is 5.69 Å². The molecule has 0 saturated carbocycles. The van der Waals surface area contributed by atoms with E-state index in [1.807, 2.05) is 54.6 Å². The quantitative estimate of drug-likeness (QED) is 0.792. The molecule has 0 aromatic heterocycles. The molecule has 0 aliphatic carbocycles. The standard InChI is InChI=1S/C17H19NO3/c1-14(19)18-15-8-10-17(11-9-15)21-13-5-12-20-16-6-3-2-4-7-16/h2-4,6-11H,5,12-13H2,1H3,(H,18,19). The lowest BCUT2D eigenvalue weighted by molar-refractivity contribution is -0.114. The van der Waals surface area contributed by atoms with E-state index in [2.05, 4.69) is 5.32 Å². The number of nitrogens with one attached hydrogen (secondary N) is 1. The van der Waals surface area contributed by atoms with Gasteiger partial charge in [0.25, 0.3) is 0 Å². The van der Waals surface area contributed by atoms with Gasteiger partial charge in [-0.15, -0.1) is 0 Å². The van der Waals surface area contributed by atoms with Crippen LogP contribution in [0.25, 0.3) is 0 Å². The van der Waals surface area contributed by atoms with Crippen LogP contribution in [-0.2, 0) is 4.79 Å². The number of carbonyl (C=O) groups is 1. The van der Waals surface area contributed by atoms with Crippen molar-refractivity contribution < 1.29 is 14.3 Å². The highest BCUT2D eigenvalue weighted by Crippen LogP contribution is 2.16. The molecule has 4 heteroatoms. The van der Waals surface area contributed by atoms with E-state index in [1.54, 1.807) is 0 Å². The third-order valence-electron chi connectivity index (χ3n) is 2.74. The fourth-order valence-corrected chi connectivity index (χ4v) is 1.79. The monoisotopic (exact) mass is 285 g/mol. The molecule has 4 nitrogen and oxygen atoms in total. The minimum absolute atomic E-state index is 0.0817. The van der Waals surface area contributed by atoms with Crippen LogP contribution in [0.2, 0.25) is 0 Å². The van der Waals surface area contributed by atoms with E-state index in [4.69, 9.17) is 9.47 Å². The van der Waals surface area contributed by atoms with Crippen LogP contribution in [0.1, 0.15) is 13.3 Å². The zero-order valence-electron chi connectivity index (χ0n) is 12.0. The van der Waals surface area contributed by atoms with Gasteiger partial charge in [-0.25, -0.2) is 0 Å². The smallest absolute Gasteiger partial charge is 0.221 e. The number of ether oxygens (including phenoxy) is 2. The number of anilines is 1. The molecule has 0 atom stereocenters. The normalized spacial score (nSPS) is 9.95. The first-order chi connectivity index (χ1) is 10.2. The summed E-state index contributed by atoms with van der Waals surface area (Å²) in [7, 11) is 0. The average molecular weight is 285 g/mol. The van der Waals surface area contributed by atoms with Gasteiger partial charge in [0.1, 0.15) is 11.5 Å². The van der Waals surface area contributed by atoms with Gasteiger partial charge in [0.05, 0.1) is 13.2 Å². The maximum atomic E-state index is 10.9. The summed E-state index contributed by atoms with van der Waals surface area (Å²) in [5, 5.41) is 2.71. The van der Waals surface area contributed by atoms with Crippen LogP contribution in [0.15, 0.2) is 54.6 Å². The van der Waals surface area contributed by atoms with E-state index in [1.165, 1.54) is 6.92 Å². The van der Waals surface area contributed by atoms with Gasteiger partial charge >= 0.3 is 0 Å². The van der Waals surface area contributed by atoms with Gasteiger partial charge in [-0.3, -0.25) is 4.79 Å². The van der Waals surface area contributed by atoms with Crippen molar-refractivity contribution in [2.75, 3.05) is 18.5 Å². The molecule has 0 unspecified atom stereocenters. The van der Waals surface area contributed by atoms with Gasteiger partial charge in [0.15, 0.2) is 0 Å². The summed E-state index contributed by atoms with van der Waals surface area (Å²) in [6.07, 6.45) is 0.808. The molecule has 0 aliphatic rings.